The zero-order chi connectivity index (χ0) is 13.8. The SMILES string of the molecule is Cc1cc(C(=O)CCl)c(C)n1CCC1=CCCCC1. The Kier molecular flexibility index (Phi) is 4.87. The summed E-state index contributed by atoms with van der Waals surface area (Å²) >= 11 is 5.65. The number of alkyl halides is 1. The number of hydrogen-bond donors (Lipinski definition) is 0. The number of nitrogens with zero attached hydrogens (tertiary/aromatic N) is 1. The molecule has 1 aromatic rings. The maximum absolute atomic E-state index is 11.7. The molecule has 0 fully saturated rings. The number of Topliss-reactive ketones (excluding diaryl/α,β-unsaturated/α-hetero) is 1. The van der Waals surface area contributed by atoms with E-state index in [0.717, 1.165) is 29.9 Å². The van der Waals surface area contributed by atoms with Gasteiger partial charge in [0.05, 0.1) is 5.88 Å². The van der Waals surface area contributed by atoms with E-state index in [4.69, 9.17) is 11.6 Å². The summed E-state index contributed by atoms with van der Waals surface area (Å²) in [6, 6.07) is 1.97. The molecule has 2 nitrogen and oxygen atoms in total. The molecule has 0 radical (unpaired) electrons. The van der Waals surface area contributed by atoms with Crippen LogP contribution in [0.5, 0.6) is 0 Å². The fraction of sp³-hybridized carbons (Fsp3) is 0.562. The van der Waals surface area contributed by atoms with Gasteiger partial charge in [0.1, 0.15) is 0 Å². The number of carbonyl (C=O) groups excluding carboxylic acids is 1. The zero-order valence-corrected chi connectivity index (χ0v) is 12.6. The van der Waals surface area contributed by atoms with Crippen LogP contribution in [0.1, 0.15) is 53.8 Å². The Balaban J connectivity index is 2.10. The van der Waals surface area contributed by atoms with Crippen LogP contribution in [0.2, 0.25) is 0 Å². The van der Waals surface area contributed by atoms with Crippen LogP contribution in [-0.2, 0) is 6.54 Å². The van der Waals surface area contributed by atoms with Crippen molar-refractivity contribution in [2.24, 2.45) is 0 Å². The third-order valence-electron chi connectivity index (χ3n) is 4.04. The number of carbonyl (C=O) groups is 1. The van der Waals surface area contributed by atoms with Crippen LogP contribution >= 0.6 is 11.6 Å². The van der Waals surface area contributed by atoms with Gasteiger partial charge < -0.3 is 4.57 Å². The van der Waals surface area contributed by atoms with E-state index in [9.17, 15) is 4.79 Å². The lowest BCUT2D eigenvalue weighted by Crippen LogP contribution is -2.07. The molecule has 0 aromatic carbocycles. The van der Waals surface area contributed by atoms with Crippen molar-refractivity contribution < 1.29 is 4.79 Å². The molecule has 0 spiro atoms. The van der Waals surface area contributed by atoms with Gasteiger partial charge >= 0.3 is 0 Å². The van der Waals surface area contributed by atoms with Crippen molar-refractivity contribution in [3.05, 3.63) is 34.7 Å². The highest BCUT2D eigenvalue weighted by Crippen LogP contribution is 2.23. The fourth-order valence-corrected chi connectivity index (χ4v) is 3.03. The summed E-state index contributed by atoms with van der Waals surface area (Å²) in [5.41, 5.74) is 4.57. The predicted molar refractivity (Wildman–Crippen MR) is 80.1 cm³/mol. The molecule has 1 aliphatic carbocycles. The third kappa shape index (κ3) is 3.30. The highest BCUT2D eigenvalue weighted by molar-refractivity contribution is 6.30. The lowest BCUT2D eigenvalue weighted by Gasteiger charge is -2.15. The largest absolute Gasteiger partial charge is 0.348 e. The molecule has 3 heteroatoms. The maximum Gasteiger partial charge on any atom is 0.179 e. The topological polar surface area (TPSA) is 22.0 Å². The van der Waals surface area contributed by atoms with Crippen molar-refractivity contribution in [2.75, 3.05) is 5.88 Å². The van der Waals surface area contributed by atoms with Crippen LogP contribution in [-0.4, -0.2) is 16.2 Å². The van der Waals surface area contributed by atoms with Crippen LogP contribution in [0.4, 0.5) is 0 Å². The first kappa shape index (κ1) is 14.4. The molecule has 0 N–H and O–H groups in total. The minimum absolute atomic E-state index is 0.0258. The lowest BCUT2D eigenvalue weighted by molar-refractivity contribution is 0.102. The quantitative estimate of drug-likeness (QED) is 0.444. The molecular weight excluding hydrogens is 258 g/mol. The van der Waals surface area contributed by atoms with Crippen molar-refractivity contribution in [1.82, 2.24) is 4.57 Å². The number of aryl methyl sites for hydroxylation is 1. The standard InChI is InChI=1S/C16H22ClNO/c1-12-10-15(16(19)11-17)13(2)18(12)9-8-14-6-4-3-5-7-14/h6,10H,3-5,7-9,11H2,1-2H3. The molecule has 1 aliphatic rings. The van der Waals surface area contributed by atoms with Crippen LogP contribution in [0.25, 0.3) is 0 Å². The van der Waals surface area contributed by atoms with Crippen LogP contribution in [0.15, 0.2) is 17.7 Å². The summed E-state index contributed by atoms with van der Waals surface area (Å²) < 4.78 is 2.25. The number of halogens is 1. The molecule has 0 saturated carbocycles. The van der Waals surface area contributed by atoms with Gasteiger partial charge in [-0.05, 0) is 52.0 Å². The van der Waals surface area contributed by atoms with Crippen LogP contribution < -0.4 is 0 Å². The zero-order valence-electron chi connectivity index (χ0n) is 11.8. The highest BCUT2D eigenvalue weighted by atomic mass is 35.5. The Morgan fingerprint density at radius 1 is 1.37 bits per heavy atom. The summed E-state index contributed by atoms with van der Waals surface area (Å²) in [4.78, 5) is 11.7. The average Bonchev–Trinajstić information content (AvgIpc) is 2.72. The monoisotopic (exact) mass is 279 g/mol. The van der Waals surface area contributed by atoms with Gasteiger partial charge in [0.15, 0.2) is 5.78 Å². The summed E-state index contributed by atoms with van der Waals surface area (Å²) in [6.45, 7) is 5.05. The summed E-state index contributed by atoms with van der Waals surface area (Å²) in [5.74, 6) is 0.0908. The van der Waals surface area contributed by atoms with Crippen molar-refractivity contribution in [3.63, 3.8) is 0 Å². The van der Waals surface area contributed by atoms with Crippen molar-refractivity contribution >= 4 is 17.4 Å². The van der Waals surface area contributed by atoms with Crippen LogP contribution in [0, 0.1) is 13.8 Å². The van der Waals surface area contributed by atoms with E-state index in [1.807, 2.05) is 13.0 Å². The first-order valence-corrected chi connectivity index (χ1v) is 7.60. The van der Waals surface area contributed by atoms with Gasteiger partial charge in [-0.1, -0.05) is 11.6 Å². The second kappa shape index (κ2) is 6.42. The molecule has 1 heterocycles. The van der Waals surface area contributed by atoms with Gasteiger partial charge in [-0.15, -0.1) is 11.6 Å². The normalized spacial score (nSPS) is 15.4. The number of aromatic nitrogens is 1. The molecule has 0 amide bonds. The first-order valence-electron chi connectivity index (χ1n) is 7.07. The van der Waals surface area contributed by atoms with Crippen molar-refractivity contribution in [2.45, 2.75) is 52.5 Å². The summed E-state index contributed by atoms with van der Waals surface area (Å²) in [7, 11) is 0. The van der Waals surface area contributed by atoms with E-state index in [1.54, 1.807) is 5.57 Å². The van der Waals surface area contributed by atoms with E-state index in [1.165, 1.54) is 25.7 Å². The molecule has 1 aromatic heterocycles. The van der Waals surface area contributed by atoms with Gasteiger partial charge in [0.25, 0.3) is 0 Å². The number of allylic oxidation sites excluding steroid dienone is 2. The van der Waals surface area contributed by atoms with Gasteiger partial charge in [0, 0.05) is 23.5 Å². The molecule has 19 heavy (non-hydrogen) atoms. The maximum atomic E-state index is 11.7. The van der Waals surface area contributed by atoms with Crippen molar-refractivity contribution in [1.29, 1.82) is 0 Å². The van der Waals surface area contributed by atoms with Gasteiger partial charge in [-0.25, -0.2) is 0 Å². The van der Waals surface area contributed by atoms with E-state index in [-0.39, 0.29) is 11.7 Å². The number of hydrogen-bond acceptors (Lipinski definition) is 1. The first-order chi connectivity index (χ1) is 9.13. The molecule has 0 atom stereocenters. The Morgan fingerprint density at radius 2 is 2.16 bits per heavy atom. The van der Waals surface area contributed by atoms with Crippen molar-refractivity contribution in [3.8, 4) is 0 Å². The summed E-state index contributed by atoms with van der Waals surface area (Å²) in [6.07, 6.45) is 8.63. The van der Waals surface area contributed by atoms with Gasteiger partial charge in [-0.3, -0.25) is 4.79 Å². The summed E-state index contributed by atoms with van der Waals surface area (Å²) in [5, 5.41) is 0. The Bertz CT molecular complexity index is 499. The van der Waals surface area contributed by atoms with E-state index in [2.05, 4.69) is 17.6 Å². The highest BCUT2D eigenvalue weighted by Gasteiger charge is 2.15. The minimum atomic E-state index is 0.0258. The Morgan fingerprint density at radius 3 is 2.79 bits per heavy atom. The third-order valence-corrected chi connectivity index (χ3v) is 4.28. The molecule has 0 aliphatic heterocycles. The molecule has 0 unspecified atom stereocenters. The molecule has 104 valence electrons. The smallest absolute Gasteiger partial charge is 0.179 e. The van der Waals surface area contributed by atoms with Crippen LogP contribution in [0.3, 0.4) is 0 Å². The Hall–Kier alpha value is -1.02. The number of ketones is 1. The minimum Gasteiger partial charge on any atom is -0.348 e. The predicted octanol–water partition coefficient (Wildman–Crippen LogP) is 4.42. The molecule has 0 bridgehead atoms. The molecular formula is C16H22ClNO. The molecule has 2 rings (SSSR count). The fourth-order valence-electron chi connectivity index (χ4n) is 2.89. The Labute approximate surface area is 120 Å². The molecule has 0 saturated heterocycles. The van der Waals surface area contributed by atoms with E-state index >= 15 is 0 Å². The second-order valence-electron chi connectivity index (χ2n) is 5.35. The lowest BCUT2D eigenvalue weighted by atomic mass is 9.97. The van der Waals surface area contributed by atoms with Gasteiger partial charge in [-0.2, -0.15) is 0 Å². The van der Waals surface area contributed by atoms with E-state index in [0.29, 0.717) is 0 Å². The van der Waals surface area contributed by atoms with E-state index < -0.39 is 0 Å². The van der Waals surface area contributed by atoms with Gasteiger partial charge in [0.2, 0.25) is 0 Å². The second-order valence-corrected chi connectivity index (χ2v) is 5.62. The average molecular weight is 280 g/mol. The number of rotatable bonds is 5.